The fourth-order valence-electron chi connectivity index (χ4n) is 2.36. The van der Waals surface area contributed by atoms with E-state index in [1.807, 2.05) is 5.43 Å². The number of amides is 2. The molecule has 1 heterocycles. The van der Waals surface area contributed by atoms with Crippen LogP contribution in [0.25, 0.3) is 0 Å². The highest BCUT2D eigenvalue weighted by molar-refractivity contribution is 7.91. The van der Waals surface area contributed by atoms with Crippen molar-refractivity contribution in [3.63, 3.8) is 0 Å². The third kappa shape index (κ3) is 5.82. The highest BCUT2D eigenvalue weighted by Crippen LogP contribution is 2.21. The van der Waals surface area contributed by atoms with E-state index in [0.29, 0.717) is 6.42 Å². The summed E-state index contributed by atoms with van der Waals surface area (Å²) in [5.41, 5.74) is 3.85. The lowest BCUT2D eigenvalue weighted by atomic mass is 10.1. The molecule has 0 unspecified atom stereocenters. The van der Waals surface area contributed by atoms with E-state index in [1.165, 1.54) is 18.2 Å². The van der Waals surface area contributed by atoms with Gasteiger partial charge in [0, 0.05) is 6.42 Å². The number of carbonyl (C=O) groups is 3. The molecule has 1 aromatic rings. The van der Waals surface area contributed by atoms with Crippen LogP contribution < -0.4 is 10.9 Å². The Balaban J connectivity index is 1.69. The topological polar surface area (TPSA) is 119 Å². The van der Waals surface area contributed by atoms with Crippen LogP contribution in [0.5, 0.6) is 0 Å². The minimum absolute atomic E-state index is 0.0332. The Morgan fingerprint density at radius 3 is 2.48 bits per heavy atom. The fourth-order valence-corrected chi connectivity index (χ4v) is 4.22. The van der Waals surface area contributed by atoms with Crippen molar-refractivity contribution >= 4 is 27.6 Å². The molecule has 0 bridgehead atoms. The van der Waals surface area contributed by atoms with Crippen molar-refractivity contribution in [3.05, 3.63) is 35.6 Å². The summed E-state index contributed by atoms with van der Waals surface area (Å²) in [6.45, 7) is -0.703. The normalized spacial score (nSPS) is 18.4. The predicted octanol–water partition coefficient (Wildman–Crippen LogP) is -0.0453. The van der Waals surface area contributed by atoms with Crippen molar-refractivity contribution in [2.45, 2.75) is 12.8 Å². The van der Waals surface area contributed by atoms with E-state index >= 15 is 0 Å². The van der Waals surface area contributed by atoms with Crippen molar-refractivity contribution in [3.8, 4) is 0 Å². The third-order valence-electron chi connectivity index (χ3n) is 3.57. The molecule has 1 aliphatic rings. The standard InChI is InChI=1S/C15H17FN2O6S/c16-12-4-2-1-3-11(12)15(21)24-8-14(20)18-17-13(19)7-10-5-6-25(22,23)9-10/h1-4,10H,5-9H2,(H,17,19)(H,18,20)/t10-/m1/s1. The Bertz CT molecular complexity index is 780. The number of hydrogen-bond donors (Lipinski definition) is 2. The summed E-state index contributed by atoms with van der Waals surface area (Å²) in [5, 5.41) is 0. The first kappa shape index (κ1) is 18.8. The molecule has 0 radical (unpaired) electrons. The van der Waals surface area contributed by atoms with Gasteiger partial charge in [-0.3, -0.25) is 20.4 Å². The molecule has 8 nitrogen and oxygen atoms in total. The van der Waals surface area contributed by atoms with Gasteiger partial charge in [-0.2, -0.15) is 0 Å². The number of hydrazine groups is 1. The zero-order valence-corrected chi connectivity index (χ0v) is 14.0. The van der Waals surface area contributed by atoms with Crippen LogP contribution in [0.2, 0.25) is 0 Å². The molecule has 0 aliphatic carbocycles. The van der Waals surface area contributed by atoms with E-state index in [0.717, 1.165) is 6.07 Å². The van der Waals surface area contributed by atoms with Crippen LogP contribution in [0.3, 0.4) is 0 Å². The molecular formula is C15H17FN2O6S. The van der Waals surface area contributed by atoms with E-state index in [-0.39, 0.29) is 29.4 Å². The molecule has 0 spiro atoms. The van der Waals surface area contributed by atoms with Crippen molar-refractivity contribution in [2.75, 3.05) is 18.1 Å². The smallest absolute Gasteiger partial charge is 0.341 e. The quantitative estimate of drug-likeness (QED) is 0.553. The molecule has 136 valence electrons. The first-order valence-corrected chi connectivity index (χ1v) is 9.29. The Morgan fingerprint density at radius 2 is 1.84 bits per heavy atom. The Kier molecular flexibility index (Phi) is 6.07. The van der Waals surface area contributed by atoms with Gasteiger partial charge in [-0.15, -0.1) is 0 Å². The molecule has 0 saturated carbocycles. The van der Waals surface area contributed by atoms with Gasteiger partial charge in [-0.05, 0) is 24.5 Å². The molecule has 0 aromatic heterocycles. The zero-order valence-electron chi connectivity index (χ0n) is 13.2. The Morgan fingerprint density at radius 1 is 1.16 bits per heavy atom. The SMILES string of the molecule is O=C(COC(=O)c1ccccc1F)NNC(=O)C[C@H]1CCS(=O)(=O)C1. The van der Waals surface area contributed by atoms with Gasteiger partial charge in [0.25, 0.3) is 5.91 Å². The second-order valence-corrected chi connectivity index (χ2v) is 7.85. The summed E-state index contributed by atoms with van der Waals surface area (Å²) < 4.78 is 40.6. The number of rotatable bonds is 5. The monoisotopic (exact) mass is 372 g/mol. The van der Waals surface area contributed by atoms with E-state index < -0.39 is 40.0 Å². The number of carbonyl (C=O) groups excluding carboxylic acids is 3. The molecule has 2 amide bonds. The van der Waals surface area contributed by atoms with Gasteiger partial charge in [0.15, 0.2) is 16.4 Å². The van der Waals surface area contributed by atoms with E-state index in [4.69, 9.17) is 0 Å². The molecule has 1 aromatic carbocycles. The van der Waals surface area contributed by atoms with Gasteiger partial charge in [0.1, 0.15) is 5.82 Å². The first-order chi connectivity index (χ1) is 11.8. The largest absolute Gasteiger partial charge is 0.452 e. The molecule has 10 heteroatoms. The Labute approximate surface area is 143 Å². The van der Waals surface area contributed by atoms with Crippen LogP contribution in [-0.2, 0) is 24.2 Å². The molecule has 1 saturated heterocycles. The lowest BCUT2D eigenvalue weighted by Gasteiger charge is -2.10. The predicted molar refractivity (Wildman–Crippen MR) is 84.3 cm³/mol. The van der Waals surface area contributed by atoms with Crippen molar-refractivity contribution in [2.24, 2.45) is 5.92 Å². The minimum Gasteiger partial charge on any atom is -0.452 e. The van der Waals surface area contributed by atoms with Crippen molar-refractivity contribution in [1.82, 2.24) is 10.9 Å². The molecular weight excluding hydrogens is 355 g/mol. The maximum Gasteiger partial charge on any atom is 0.341 e. The summed E-state index contributed by atoms with van der Waals surface area (Å²) >= 11 is 0. The number of benzene rings is 1. The summed E-state index contributed by atoms with van der Waals surface area (Å²) in [5.74, 6) is -3.39. The second kappa shape index (κ2) is 8.06. The van der Waals surface area contributed by atoms with E-state index in [9.17, 15) is 27.2 Å². The van der Waals surface area contributed by atoms with Crippen LogP contribution in [0, 0.1) is 11.7 Å². The van der Waals surface area contributed by atoms with Crippen LogP contribution >= 0.6 is 0 Å². The van der Waals surface area contributed by atoms with Gasteiger partial charge < -0.3 is 4.74 Å². The number of ether oxygens (including phenoxy) is 1. The highest BCUT2D eigenvalue weighted by atomic mass is 32.2. The third-order valence-corrected chi connectivity index (χ3v) is 5.41. The lowest BCUT2D eigenvalue weighted by Crippen LogP contribution is -2.44. The van der Waals surface area contributed by atoms with Gasteiger partial charge in [-0.1, -0.05) is 12.1 Å². The maximum absolute atomic E-state index is 13.4. The highest BCUT2D eigenvalue weighted by Gasteiger charge is 2.29. The van der Waals surface area contributed by atoms with E-state index in [1.54, 1.807) is 0 Å². The maximum atomic E-state index is 13.4. The number of halogens is 1. The second-order valence-electron chi connectivity index (χ2n) is 5.63. The van der Waals surface area contributed by atoms with E-state index in [2.05, 4.69) is 10.2 Å². The summed E-state index contributed by atoms with van der Waals surface area (Å²) in [6, 6.07) is 5.15. The summed E-state index contributed by atoms with van der Waals surface area (Å²) in [7, 11) is -3.08. The summed E-state index contributed by atoms with van der Waals surface area (Å²) in [4.78, 5) is 34.8. The number of esters is 1. The van der Waals surface area contributed by atoms with Crippen LogP contribution in [0.4, 0.5) is 4.39 Å². The number of hydrogen-bond acceptors (Lipinski definition) is 6. The molecule has 25 heavy (non-hydrogen) atoms. The zero-order chi connectivity index (χ0) is 18.4. The van der Waals surface area contributed by atoms with Crippen molar-refractivity contribution in [1.29, 1.82) is 0 Å². The van der Waals surface area contributed by atoms with Gasteiger partial charge in [0.05, 0.1) is 17.1 Å². The van der Waals surface area contributed by atoms with Crippen molar-refractivity contribution < 1.29 is 31.9 Å². The lowest BCUT2D eigenvalue weighted by molar-refractivity contribution is -0.131. The van der Waals surface area contributed by atoms with Crippen LogP contribution in [-0.4, -0.2) is 44.3 Å². The molecule has 1 aliphatic heterocycles. The summed E-state index contributed by atoms with van der Waals surface area (Å²) in [6.07, 6.45) is 0.373. The van der Waals surface area contributed by atoms with Gasteiger partial charge in [0.2, 0.25) is 5.91 Å². The first-order valence-electron chi connectivity index (χ1n) is 7.46. The average molecular weight is 372 g/mol. The fraction of sp³-hybridized carbons (Fsp3) is 0.400. The molecule has 1 atom stereocenters. The Hall–Kier alpha value is -2.49. The van der Waals surface area contributed by atoms with Gasteiger partial charge in [-0.25, -0.2) is 17.6 Å². The van der Waals surface area contributed by atoms with Crippen LogP contribution in [0.1, 0.15) is 23.2 Å². The average Bonchev–Trinajstić information content (AvgIpc) is 2.89. The molecule has 2 N–H and O–H groups in total. The van der Waals surface area contributed by atoms with Gasteiger partial charge >= 0.3 is 5.97 Å². The number of sulfone groups is 1. The number of nitrogens with one attached hydrogen (secondary N) is 2. The van der Waals surface area contributed by atoms with Crippen LogP contribution in [0.15, 0.2) is 24.3 Å². The minimum atomic E-state index is -3.08. The molecule has 2 rings (SSSR count). The molecule has 1 fully saturated rings.